The molecule has 4 nitrogen and oxygen atoms in total. The lowest BCUT2D eigenvalue weighted by Crippen LogP contribution is -2.27. The van der Waals surface area contributed by atoms with E-state index in [4.69, 9.17) is 4.98 Å². The summed E-state index contributed by atoms with van der Waals surface area (Å²) in [6.45, 7) is 10.5. The van der Waals surface area contributed by atoms with Gasteiger partial charge in [-0.1, -0.05) is 27.7 Å². The van der Waals surface area contributed by atoms with Crippen molar-refractivity contribution in [3.05, 3.63) is 17.7 Å². The quantitative estimate of drug-likeness (QED) is 0.831. The van der Waals surface area contributed by atoms with Crippen LogP contribution in [0.25, 0.3) is 0 Å². The van der Waals surface area contributed by atoms with Crippen LogP contribution in [0, 0.1) is 5.92 Å². The van der Waals surface area contributed by atoms with Gasteiger partial charge in [0.25, 0.3) is 0 Å². The van der Waals surface area contributed by atoms with Crippen molar-refractivity contribution in [2.24, 2.45) is 5.92 Å². The third-order valence-corrected chi connectivity index (χ3v) is 3.70. The second-order valence-electron chi connectivity index (χ2n) is 6.57. The number of rotatable bonds is 7. The molecule has 0 aromatic carbocycles. The Morgan fingerprint density at radius 3 is 2.55 bits per heavy atom. The first-order valence-electron chi connectivity index (χ1n) is 7.77. The van der Waals surface area contributed by atoms with Crippen LogP contribution >= 0.6 is 0 Å². The van der Waals surface area contributed by atoms with Gasteiger partial charge < -0.3 is 10.2 Å². The number of nitrogens with zero attached hydrogens (tertiary/aromatic N) is 3. The Hall–Kier alpha value is -1.16. The largest absolute Gasteiger partial charge is 0.372 e. The molecule has 0 atom stereocenters. The van der Waals surface area contributed by atoms with Crippen molar-refractivity contribution < 1.29 is 0 Å². The molecule has 0 aliphatic heterocycles. The summed E-state index contributed by atoms with van der Waals surface area (Å²) in [7, 11) is 2.16. The summed E-state index contributed by atoms with van der Waals surface area (Å²) in [6, 6.07) is 0.467. The average Bonchev–Trinajstić information content (AvgIpc) is 3.19. The van der Waals surface area contributed by atoms with E-state index in [9.17, 15) is 0 Å². The molecule has 1 saturated carbocycles. The topological polar surface area (TPSA) is 41.1 Å². The summed E-state index contributed by atoms with van der Waals surface area (Å²) in [5.41, 5.74) is 2.30. The number of hydrogen-bond acceptors (Lipinski definition) is 4. The summed E-state index contributed by atoms with van der Waals surface area (Å²) in [5, 5.41) is 3.48. The lowest BCUT2D eigenvalue weighted by atomic mass is 10.2. The molecule has 1 N–H and O–H groups in total. The van der Waals surface area contributed by atoms with E-state index < -0.39 is 0 Å². The average molecular weight is 276 g/mol. The van der Waals surface area contributed by atoms with Gasteiger partial charge >= 0.3 is 0 Å². The first-order valence-corrected chi connectivity index (χ1v) is 7.77. The van der Waals surface area contributed by atoms with Gasteiger partial charge in [-0.15, -0.1) is 0 Å². The molecular weight excluding hydrogens is 248 g/mol. The van der Waals surface area contributed by atoms with Crippen LogP contribution in [0.15, 0.2) is 6.20 Å². The van der Waals surface area contributed by atoms with Crippen molar-refractivity contribution in [3.63, 3.8) is 0 Å². The Morgan fingerprint density at radius 2 is 2.00 bits per heavy atom. The van der Waals surface area contributed by atoms with Crippen molar-refractivity contribution in [3.8, 4) is 0 Å². The van der Waals surface area contributed by atoms with Crippen LogP contribution in [0.3, 0.4) is 0 Å². The SMILES string of the molecule is CC(C)NCc1nc(C(C)C)ncc1N(C)CC1CC1. The molecule has 1 aliphatic carbocycles. The second-order valence-corrected chi connectivity index (χ2v) is 6.57. The molecule has 0 spiro atoms. The normalized spacial score (nSPS) is 15.2. The summed E-state index contributed by atoms with van der Waals surface area (Å²) in [6.07, 6.45) is 4.74. The summed E-state index contributed by atoms with van der Waals surface area (Å²) in [4.78, 5) is 11.6. The van der Waals surface area contributed by atoms with E-state index in [0.29, 0.717) is 12.0 Å². The van der Waals surface area contributed by atoms with Gasteiger partial charge in [-0.3, -0.25) is 0 Å². The monoisotopic (exact) mass is 276 g/mol. The van der Waals surface area contributed by atoms with E-state index in [-0.39, 0.29) is 0 Å². The first kappa shape index (κ1) is 15.2. The zero-order chi connectivity index (χ0) is 14.7. The minimum Gasteiger partial charge on any atom is -0.372 e. The van der Waals surface area contributed by atoms with Crippen LogP contribution in [0.1, 0.15) is 58.0 Å². The van der Waals surface area contributed by atoms with Gasteiger partial charge in [0, 0.05) is 32.1 Å². The molecule has 4 heteroatoms. The molecule has 2 rings (SSSR count). The molecule has 112 valence electrons. The summed E-state index contributed by atoms with van der Waals surface area (Å²) >= 11 is 0. The highest BCUT2D eigenvalue weighted by Crippen LogP contribution is 2.31. The van der Waals surface area contributed by atoms with Crippen molar-refractivity contribution in [2.45, 2.75) is 59.0 Å². The molecule has 0 amide bonds. The van der Waals surface area contributed by atoms with E-state index in [1.165, 1.54) is 18.5 Å². The Bertz CT molecular complexity index is 438. The molecule has 0 saturated heterocycles. The van der Waals surface area contributed by atoms with E-state index in [0.717, 1.165) is 30.5 Å². The van der Waals surface area contributed by atoms with E-state index in [2.05, 4.69) is 49.9 Å². The number of hydrogen-bond donors (Lipinski definition) is 1. The number of nitrogens with one attached hydrogen (secondary N) is 1. The van der Waals surface area contributed by atoms with Gasteiger partial charge in [-0.05, 0) is 18.8 Å². The van der Waals surface area contributed by atoms with Crippen molar-refractivity contribution in [1.82, 2.24) is 15.3 Å². The molecule has 20 heavy (non-hydrogen) atoms. The molecule has 1 aromatic rings. The fourth-order valence-electron chi connectivity index (χ4n) is 2.24. The van der Waals surface area contributed by atoms with Gasteiger partial charge in [0.2, 0.25) is 0 Å². The van der Waals surface area contributed by atoms with Crippen LogP contribution in [0.4, 0.5) is 5.69 Å². The standard InChI is InChI=1S/C16H28N4/c1-11(2)16-18-9-15(20(5)10-13-6-7-13)14(19-16)8-17-12(3)4/h9,11-13,17H,6-8,10H2,1-5H3. The van der Waals surface area contributed by atoms with E-state index in [1.54, 1.807) is 0 Å². The van der Waals surface area contributed by atoms with E-state index in [1.807, 2.05) is 6.20 Å². The summed E-state index contributed by atoms with van der Waals surface area (Å²) in [5.74, 6) is 2.18. The molecule has 1 heterocycles. The molecule has 1 aliphatic rings. The highest BCUT2D eigenvalue weighted by molar-refractivity contribution is 5.48. The van der Waals surface area contributed by atoms with Crippen LogP contribution in [-0.2, 0) is 6.54 Å². The third-order valence-electron chi connectivity index (χ3n) is 3.70. The summed E-state index contributed by atoms with van der Waals surface area (Å²) < 4.78 is 0. The zero-order valence-electron chi connectivity index (χ0n) is 13.5. The van der Waals surface area contributed by atoms with Crippen LogP contribution in [0.5, 0.6) is 0 Å². The van der Waals surface area contributed by atoms with Crippen molar-refractivity contribution in [1.29, 1.82) is 0 Å². The Morgan fingerprint density at radius 1 is 1.30 bits per heavy atom. The molecule has 0 radical (unpaired) electrons. The predicted molar refractivity (Wildman–Crippen MR) is 84.1 cm³/mol. The minimum absolute atomic E-state index is 0.371. The lowest BCUT2D eigenvalue weighted by Gasteiger charge is -2.23. The smallest absolute Gasteiger partial charge is 0.131 e. The van der Waals surface area contributed by atoms with Crippen molar-refractivity contribution >= 4 is 5.69 Å². The fraction of sp³-hybridized carbons (Fsp3) is 0.750. The number of anilines is 1. The van der Waals surface area contributed by atoms with Gasteiger partial charge in [-0.25, -0.2) is 9.97 Å². The van der Waals surface area contributed by atoms with Gasteiger partial charge in [0.1, 0.15) is 5.82 Å². The Balaban J connectivity index is 2.18. The zero-order valence-corrected chi connectivity index (χ0v) is 13.5. The molecule has 1 aromatic heterocycles. The maximum atomic E-state index is 4.78. The maximum Gasteiger partial charge on any atom is 0.131 e. The minimum atomic E-state index is 0.371. The first-order chi connectivity index (χ1) is 9.47. The van der Waals surface area contributed by atoms with Gasteiger partial charge in [0.05, 0.1) is 17.6 Å². The highest BCUT2D eigenvalue weighted by atomic mass is 15.1. The number of aromatic nitrogens is 2. The Kier molecular flexibility index (Phi) is 4.97. The molecular formula is C16H28N4. The predicted octanol–water partition coefficient (Wildman–Crippen LogP) is 2.94. The molecule has 1 fully saturated rings. The van der Waals surface area contributed by atoms with Gasteiger partial charge in [0.15, 0.2) is 0 Å². The maximum absolute atomic E-state index is 4.78. The lowest BCUT2D eigenvalue weighted by molar-refractivity contribution is 0.575. The highest BCUT2D eigenvalue weighted by Gasteiger charge is 2.24. The third kappa shape index (κ3) is 4.17. The van der Waals surface area contributed by atoms with E-state index >= 15 is 0 Å². The van der Waals surface area contributed by atoms with Crippen molar-refractivity contribution in [2.75, 3.05) is 18.5 Å². The second kappa shape index (κ2) is 6.53. The molecule has 0 bridgehead atoms. The molecule has 0 unspecified atom stereocenters. The fourth-order valence-corrected chi connectivity index (χ4v) is 2.24. The van der Waals surface area contributed by atoms with Crippen LogP contribution in [-0.4, -0.2) is 29.6 Å². The van der Waals surface area contributed by atoms with Gasteiger partial charge in [-0.2, -0.15) is 0 Å². The van der Waals surface area contributed by atoms with Crippen LogP contribution < -0.4 is 10.2 Å². The van der Waals surface area contributed by atoms with Crippen LogP contribution in [0.2, 0.25) is 0 Å². The Labute approximate surface area is 123 Å².